The zero-order valence-corrected chi connectivity index (χ0v) is 17.1. The van der Waals surface area contributed by atoms with Crippen LogP contribution < -0.4 is 15.2 Å². The number of hydrogen-bond acceptors (Lipinski definition) is 3. The number of likely N-dealkylation sites (tertiary alicyclic amines) is 1. The third-order valence-electron chi connectivity index (χ3n) is 4.09. The number of guanidine groups is 1. The lowest BCUT2D eigenvalue weighted by atomic mass is 10.2. The fraction of sp³-hybridized carbons (Fsp3) is 0.611. The van der Waals surface area contributed by atoms with Crippen molar-refractivity contribution >= 4 is 29.9 Å². The van der Waals surface area contributed by atoms with Gasteiger partial charge in [-0.15, -0.1) is 24.0 Å². The van der Waals surface area contributed by atoms with Gasteiger partial charge in [0.25, 0.3) is 0 Å². The van der Waals surface area contributed by atoms with E-state index in [1.165, 1.54) is 25.7 Å². The summed E-state index contributed by atoms with van der Waals surface area (Å²) in [7, 11) is 1.65. The van der Waals surface area contributed by atoms with Crippen molar-refractivity contribution in [2.24, 2.45) is 16.6 Å². The Morgan fingerprint density at radius 3 is 2.42 bits per heavy atom. The number of methoxy groups -OCH3 is 1. The van der Waals surface area contributed by atoms with Gasteiger partial charge in [0.1, 0.15) is 0 Å². The molecule has 0 amide bonds. The largest absolute Gasteiger partial charge is 0.493 e. The molecule has 2 N–H and O–H groups in total. The zero-order chi connectivity index (χ0) is 16.5. The number of benzene rings is 1. The van der Waals surface area contributed by atoms with E-state index in [0.29, 0.717) is 25.0 Å². The fourth-order valence-corrected chi connectivity index (χ4v) is 2.67. The van der Waals surface area contributed by atoms with Gasteiger partial charge in [-0.2, -0.15) is 0 Å². The minimum absolute atomic E-state index is 0. The van der Waals surface area contributed by atoms with Crippen LogP contribution >= 0.6 is 24.0 Å². The summed E-state index contributed by atoms with van der Waals surface area (Å²) in [4.78, 5) is 6.76. The summed E-state index contributed by atoms with van der Waals surface area (Å²) in [6, 6.07) is 7.69. The van der Waals surface area contributed by atoms with Crippen molar-refractivity contribution in [2.75, 3.05) is 33.4 Å². The minimum Gasteiger partial charge on any atom is -0.493 e. The molecule has 0 spiro atoms. The monoisotopic (exact) mass is 447 g/mol. The standard InChI is InChI=1S/C18H29N3O2.HI/c1-15(14-23-17-10-6-5-9-16(17)22-2)13-20-18(19)21-11-7-3-4-8-12-21;/h5-6,9-10,15H,3-4,7-8,11-14H2,1-2H3,(H2,19,20);1H. The van der Waals surface area contributed by atoms with Crippen LogP contribution in [0, 0.1) is 5.92 Å². The second-order valence-electron chi connectivity index (χ2n) is 6.17. The number of para-hydroxylation sites is 2. The van der Waals surface area contributed by atoms with Crippen LogP contribution in [0.15, 0.2) is 29.3 Å². The molecule has 1 heterocycles. The van der Waals surface area contributed by atoms with Crippen molar-refractivity contribution in [1.29, 1.82) is 0 Å². The first-order valence-electron chi connectivity index (χ1n) is 8.51. The molecule has 0 aliphatic carbocycles. The molecule has 1 aliphatic heterocycles. The Morgan fingerprint density at radius 1 is 1.17 bits per heavy atom. The van der Waals surface area contributed by atoms with E-state index in [4.69, 9.17) is 15.2 Å². The smallest absolute Gasteiger partial charge is 0.191 e. The first-order chi connectivity index (χ1) is 11.2. The number of hydrogen-bond donors (Lipinski definition) is 1. The lowest BCUT2D eigenvalue weighted by molar-refractivity contribution is 0.251. The predicted molar refractivity (Wildman–Crippen MR) is 110 cm³/mol. The van der Waals surface area contributed by atoms with Gasteiger partial charge in [0.15, 0.2) is 17.5 Å². The van der Waals surface area contributed by atoms with Crippen molar-refractivity contribution in [1.82, 2.24) is 4.90 Å². The van der Waals surface area contributed by atoms with E-state index in [0.717, 1.165) is 24.6 Å². The summed E-state index contributed by atoms with van der Waals surface area (Å²) in [5.74, 6) is 2.50. The molecule has 1 atom stereocenters. The number of aliphatic imine (C=N–C) groups is 1. The van der Waals surface area contributed by atoms with Crippen molar-refractivity contribution in [2.45, 2.75) is 32.6 Å². The molecule has 2 rings (SSSR count). The second kappa shape index (κ2) is 11.4. The topological polar surface area (TPSA) is 60.1 Å². The quantitative estimate of drug-likeness (QED) is 0.412. The lowest BCUT2D eigenvalue weighted by Gasteiger charge is -2.21. The Labute approximate surface area is 162 Å². The molecule has 0 aromatic heterocycles. The fourth-order valence-electron chi connectivity index (χ4n) is 2.67. The molecule has 1 aliphatic rings. The second-order valence-corrected chi connectivity index (χ2v) is 6.17. The average Bonchev–Trinajstić information content (AvgIpc) is 2.87. The number of rotatable bonds is 6. The highest BCUT2D eigenvalue weighted by molar-refractivity contribution is 14.0. The molecule has 5 nitrogen and oxygen atoms in total. The van der Waals surface area contributed by atoms with Gasteiger partial charge >= 0.3 is 0 Å². The number of ether oxygens (including phenoxy) is 2. The van der Waals surface area contributed by atoms with Gasteiger partial charge in [-0.25, -0.2) is 0 Å². The third-order valence-corrected chi connectivity index (χ3v) is 4.09. The van der Waals surface area contributed by atoms with Gasteiger partial charge < -0.3 is 20.1 Å². The van der Waals surface area contributed by atoms with Gasteiger partial charge in [0.05, 0.1) is 13.7 Å². The number of nitrogens with zero attached hydrogens (tertiary/aromatic N) is 2. The maximum Gasteiger partial charge on any atom is 0.191 e. The van der Waals surface area contributed by atoms with Crippen molar-refractivity contribution in [3.63, 3.8) is 0 Å². The molecule has 6 heteroatoms. The molecule has 1 aromatic carbocycles. The van der Waals surface area contributed by atoms with Gasteiger partial charge in [-0.1, -0.05) is 31.9 Å². The summed E-state index contributed by atoms with van der Waals surface area (Å²) in [5, 5.41) is 0. The summed E-state index contributed by atoms with van der Waals surface area (Å²) in [6.45, 7) is 5.45. The highest BCUT2D eigenvalue weighted by Gasteiger charge is 2.12. The van der Waals surface area contributed by atoms with E-state index in [2.05, 4.69) is 16.8 Å². The number of nitrogens with two attached hydrogens (primary N) is 1. The van der Waals surface area contributed by atoms with E-state index >= 15 is 0 Å². The summed E-state index contributed by atoms with van der Waals surface area (Å²) in [5.41, 5.74) is 6.13. The van der Waals surface area contributed by atoms with Gasteiger partial charge in [-0.3, -0.25) is 4.99 Å². The van der Waals surface area contributed by atoms with Gasteiger partial charge in [0.2, 0.25) is 0 Å². The molecule has 0 saturated carbocycles. The molecule has 0 radical (unpaired) electrons. The van der Waals surface area contributed by atoms with Crippen molar-refractivity contribution in [3.8, 4) is 11.5 Å². The Bertz CT molecular complexity index is 503. The first-order valence-corrected chi connectivity index (χ1v) is 8.51. The minimum atomic E-state index is 0. The predicted octanol–water partition coefficient (Wildman–Crippen LogP) is 3.52. The molecule has 136 valence electrons. The normalized spacial score (nSPS) is 16.8. The van der Waals surface area contributed by atoms with Crippen LogP contribution in [0.25, 0.3) is 0 Å². The van der Waals surface area contributed by atoms with Gasteiger partial charge in [0, 0.05) is 25.6 Å². The Balaban J connectivity index is 0.00000288. The summed E-state index contributed by atoms with van der Waals surface area (Å²) >= 11 is 0. The molecule has 0 bridgehead atoms. The highest BCUT2D eigenvalue weighted by Crippen LogP contribution is 2.26. The van der Waals surface area contributed by atoms with Gasteiger partial charge in [-0.05, 0) is 25.0 Å². The van der Waals surface area contributed by atoms with Crippen LogP contribution in [-0.4, -0.2) is 44.2 Å². The molecule has 1 aromatic rings. The van der Waals surface area contributed by atoms with Crippen LogP contribution in [0.1, 0.15) is 32.6 Å². The molecular weight excluding hydrogens is 417 g/mol. The Kier molecular flexibility index (Phi) is 9.90. The maximum atomic E-state index is 6.13. The van der Waals surface area contributed by atoms with Crippen LogP contribution in [-0.2, 0) is 0 Å². The zero-order valence-electron chi connectivity index (χ0n) is 14.7. The van der Waals surface area contributed by atoms with Crippen LogP contribution in [0.5, 0.6) is 11.5 Å². The van der Waals surface area contributed by atoms with E-state index in [1.807, 2.05) is 24.3 Å². The Hall–Kier alpha value is -1.18. The number of halogens is 1. The Morgan fingerprint density at radius 2 is 1.79 bits per heavy atom. The lowest BCUT2D eigenvalue weighted by Crippen LogP contribution is -2.38. The van der Waals surface area contributed by atoms with Crippen LogP contribution in [0.4, 0.5) is 0 Å². The molecule has 1 unspecified atom stereocenters. The average molecular weight is 447 g/mol. The van der Waals surface area contributed by atoms with E-state index in [9.17, 15) is 0 Å². The van der Waals surface area contributed by atoms with E-state index in [1.54, 1.807) is 7.11 Å². The SMILES string of the molecule is COc1ccccc1OCC(C)CN=C(N)N1CCCCCC1.I. The molecule has 1 saturated heterocycles. The highest BCUT2D eigenvalue weighted by atomic mass is 127. The maximum absolute atomic E-state index is 6.13. The molecule has 1 fully saturated rings. The van der Waals surface area contributed by atoms with Crippen LogP contribution in [0.2, 0.25) is 0 Å². The third kappa shape index (κ3) is 6.75. The first kappa shape index (κ1) is 20.9. The van der Waals surface area contributed by atoms with Crippen molar-refractivity contribution in [3.05, 3.63) is 24.3 Å². The van der Waals surface area contributed by atoms with E-state index in [-0.39, 0.29) is 24.0 Å². The van der Waals surface area contributed by atoms with Crippen molar-refractivity contribution < 1.29 is 9.47 Å². The van der Waals surface area contributed by atoms with Crippen LogP contribution in [0.3, 0.4) is 0 Å². The molecular formula is C18H30IN3O2. The molecule has 24 heavy (non-hydrogen) atoms. The summed E-state index contributed by atoms with van der Waals surface area (Å²) < 4.78 is 11.1. The summed E-state index contributed by atoms with van der Waals surface area (Å²) in [6.07, 6.45) is 5.02. The van der Waals surface area contributed by atoms with E-state index < -0.39 is 0 Å².